The summed E-state index contributed by atoms with van der Waals surface area (Å²) in [6.07, 6.45) is 0.855. The molecule has 12 heteroatoms. The number of amides is 3. The molecule has 10 nitrogen and oxygen atoms in total. The van der Waals surface area contributed by atoms with Crippen LogP contribution in [0.15, 0.2) is 0 Å². The van der Waals surface area contributed by atoms with Crippen LogP contribution >= 0.6 is 11.8 Å². The third-order valence-corrected chi connectivity index (χ3v) is 4.53. The van der Waals surface area contributed by atoms with Crippen molar-refractivity contribution in [1.82, 2.24) is 9.96 Å². The van der Waals surface area contributed by atoms with E-state index in [-0.39, 0.29) is 17.3 Å². The fourth-order valence-electron chi connectivity index (χ4n) is 2.35. The first-order valence-corrected chi connectivity index (χ1v) is 8.30. The lowest BCUT2D eigenvalue weighted by atomic mass is 10.0. The molecule has 0 aromatic carbocycles. The highest BCUT2D eigenvalue weighted by Gasteiger charge is 2.48. The normalized spacial score (nSPS) is 25.3. The van der Waals surface area contributed by atoms with E-state index in [4.69, 9.17) is 15.7 Å². The predicted molar refractivity (Wildman–Crippen MR) is 72.8 cm³/mol. The smallest absolute Gasteiger partial charge is 0.369 e. The number of nitrogens with one attached hydrogen (secondary N) is 1. The number of nitrogens with two attached hydrogens (primary N) is 1. The van der Waals surface area contributed by atoms with Crippen LogP contribution in [-0.4, -0.2) is 64.3 Å². The lowest BCUT2D eigenvalue weighted by Crippen LogP contribution is -2.44. The molecule has 0 radical (unpaired) electrons. The molecule has 2 fully saturated rings. The second-order valence-electron chi connectivity index (χ2n) is 4.63. The lowest BCUT2D eigenvalue weighted by molar-refractivity contribution is -0.115. The molecule has 2 aliphatic rings. The van der Waals surface area contributed by atoms with E-state index < -0.39 is 34.4 Å². The molecular formula is C9H14N4O6S2. The third kappa shape index (κ3) is 3.64. The zero-order valence-electron chi connectivity index (χ0n) is 10.8. The Hall–Kier alpha value is -1.37. The number of carbonyl (C=O) groups is 2. The van der Waals surface area contributed by atoms with Crippen molar-refractivity contribution in [2.75, 3.05) is 12.3 Å². The summed E-state index contributed by atoms with van der Waals surface area (Å²) in [5, 5.41) is 8.62. The van der Waals surface area contributed by atoms with Gasteiger partial charge in [0.1, 0.15) is 0 Å². The Balaban J connectivity index is 2.06. The van der Waals surface area contributed by atoms with Crippen molar-refractivity contribution in [2.45, 2.75) is 24.9 Å². The minimum atomic E-state index is -4.78. The fourth-order valence-corrected chi connectivity index (χ4v) is 3.47. The van der Waals surface area contributed by atoms with Crippen LogP contribution in [0.25, 0.3) is 0 Å². The predicted octanol–water partition coefficient (Wildman–Crippen LogP) is -0.815. The number of primary amides is 1. The van der Waals surface area contributed by atoms with Gasteiger partial charge < -0.3 is 10.6 Å². The van der Waals surface area contributed by atoms with E-state index in [0.29, 0.717) is 17.9 Å². The molecule has 0 unspecified atom stereocenters. The number of fused-ring (bicyclic) bond motifs is 2. The Morgan fingerprint density at radius 1 is 1.52 bits per heavy atom. The number of carbonyl (C=O) groups excluding carboxylic acids is 2. The molecule has 0 aromatic rings. The van der Waals surface area contributed by atoms with Crippen molar-refractivity contribution in [3.05, 3.63) is 0 Å². The van der Waals surface area contributed by atoms with Crippen LogP contribution in [0.2, 0.25) is 0 Å². The van der Waals surface area contributed by atoms with Crippen LogP contribution in [0, 0.1) is 5.41 Å². The van der Waals surface area contributed by atoms with Gasteiger partial charge in [-0.25, -0.2) is 4.79 Å². The molecule has 0 aromatic heterocycles. The number of hydrogen-bond donors (Lipinski definition) is 3. The number of urea groups is 1. The Morgan fingerprint density at radius 3 is 2.76 bits per heavy atom. The molecule has 2 atom stereocenters. The maximum atomic E-state index is 12.1. The standard InChI is InChI=1S/C9H14N4O6S2/c10-7(14)4-20-8(11)6-2-1-5-3-12(6)9(15)13(5)19-21(16,17)18/h5-6,11H,1-4H2,(H2,10,14)(H,16,17,18)/t5-,6+/m1/s1. The maximum absolute atomic E-state index is 12.1. The SMILES string of the molecule is N=C(SCC(N)=O)[C@@H]1CC[C@@H]2CN1C(=O)N2OS(=O)(=O)O. The second-order valence-corrected chi connectivity index (χ2v) is 6.65. The van der Waals surface area contributed by atoms with Gasteiger partial charge in [0.2, 0.25) is 5.91 Å². The van der Waals surface area contributed by atoms with Gasteiger partial charge in [-0.1, -0.05) is 11.8 Å². The Labute approximate surface area is 125 Å². The summed E-state index contributed by atoms with van der Waals surface area (Å²) >= 11 is 0.933. The monoisotopic (exact) mass is 338 g/mol. The molecule has 21 heavy (non-hydrogen) atoms. The zero-order valence-corrected chi connectivity index (χ0v) is 12.4. The van der Waals surface area contributed by atoms with Crippen molar-refractivity contribution in [1.29, 1.82) is 5.41 Å². The van der Waals surface area contributed by atoms with Gasteiger partial charge in [-0.2, -0.15) is 13.5 Å². The molecular weight excluding hydrogens is 324 g/mol. The van der Waals surface area contributed by atoms with Gasteiger partial charge in [0.05, 0.1) is 22.9 Å². The second kappa shape index (κ2) is 5.79. The lowest BCUT2D eigenvalue weighted by Gasteiger charge is -2.30. The molecule has 2 saturated heterocycles. The molecule has 0 saturated carbocycles. The molecule has 118 valence electrons. The van der Waals surface area contributed by atoms with Crippen molar-refractivity contribution in [2.24, 2.45) is 5.73 Å². The number of piperidine rings is 1. The van der Waals surface area contributed by atoms with Crippen molar-refractivity contribution >= 4 is 39.1 Å². The number of nitrogens with zero attached hydrogens (tertiary/aromatic N) is 2. The minimum Gasteiger partial charge on any atom is -0.369 e. The summed E-state index contributed by atoms with van der Waals surface area (Å²) in [7, 11) is -4.78. The van der Waals surface area contributed by atoms with E-state index in [9.17, 15) is 18.0 Å². The van der Waals surface area contributed by atoms with Crippen LogP contribution in [0.4, 0.5) is 4.79 Å². The number of hydrogen-bond acceptors (Lipinski definition) is 7. The zero-order chi connectivity index (χ0) is 15.8. The van der Waals surface area contributed by atoms with Crippen molar-refractivity contribution in [3.8, 4) is 0 Å². The average Bonchev–Trinajstić information content (AvgIpc) is 2.60. The Bertz CT molecular complexity index is 579. The van der Waals surface area contributed by atoms with Gasteiger partial charge in [0.25, 0.3) is 0 Å². The first kappa shape index (κ1) is 16.0. The quantitative estimate of drug-likeness (QED) is 0.336. The maximum Gasteiger partial charge on any atom is 0.418 e. The first-order valence-electron chi connectivity index (χ1n) is 5.95. The molecule has 3 amide bonds. The number of rotatable bonds is 5. The van der Waals surface area contributed by atoms with E-state index in [1.165, 1.54) is 4.90 Å². The molecule has 2 heterocycles. The molecule has 0 spiro atoms. The largest absolute Gasteiger partial charge is 0.418 e. The van der Waals surface area contributed by atoms with E-state index >= 15 is 0 Å². The summed E-state index contributed by atoms with van der Waals surface area (Å²) < 4.78 is 34.4. The summed E-state index contributed by atoms with van der Waals surface area (Å²) in [6, 6.07) is -1.78. The molecule has 4 N–H and O–H groups in total. The van der Waals surface area contributed by atoms with Crippen LogP contribution in [0.3, 0.4) is 0 Å². The topological polar surface area (TPSA) is 154 Å². The van der Waals surface area contributed by atoms with Crippen LogP contribution in [0.5, 0.6) is 0 Å². The summed E-state index contributed by atoms with van der Waals surface area (Å²) in [5.41, 5.74) is 5.00. The summed E-state index contributed by atoms with van der Waals surface area (Å²) in [5.74, 6) is -0.631. The highest BCUT2D eigenvalue weighted by molar-refractivity contribution is 8.14. The van der Waals surface area contributed by atoms with E-state index in [2.05, 4.69) is 4.28 Å². The van der Waals surface area contributed by atoms with E-state index in [1.54, 1.807) is 0 Å². The highest BCUT2D eigenvalue weighted by atomic mass is 32.3. The van der Waals surface area contributed by atoms with Gasteiger partial charge in [-0.05, 0) is 12.8 Å². The van der Waals surface area contributed by atoms with Gasteiger partial charge in [-0.15, -0.1) is 4.28 Å². The van der Waals surface area contributed by atoms with Crippen LogP contribution in [-0.2, 0) is 19.5 Å². The number of hydroxylamine groups is 2. The van der Waals surface area contributed by atoms with E-state index in [0.717, 1.165) is 11.8 Å². The Morgan fingerprint density at radius 2 is 2.19 bits per heavy atom. The van der Waals surface area contributed by atoms with Crippen LogP contribution in [0.1, 0.15) is 12.8 Å². The summed E-state index contributed by atoms with van der Waals surface area (Å²) in [4.78, 5) is 24.1. The average molecular weight is 338 g/mol. The van der Waals surface area contributed by atoms with Gasteiger partial charge in [-0.3, -0.25) is 14.8 Å². The Kier molecular flexibility index (Phi) is 4.41. The summed E-state index contributed by atoms with van der Waals surface area (Å²) in [6.45, 7) is 0.193. The molecule has 2 aliphatic heterocycles. The minimum absolute atomic E-state index is 0.0635. The van der Waals surface area contributed by atoms with Crippen molar-refractivity contribution < 1.29 is 26.8 Å². The first-order chi connectivity index (χ1) is 9.69. The van der Waals surface area contributed by atoms with Crippen LogP contribution < -0.4 is 5.73 Å². The third-order valence-electron chi connectivity index (χ3n) is 3.17. The van der Waals surface area contributed by atoms with Gasteiger partial charge >= 0.3 is 16.4 Å². The van der Waals surface area contributed by atoms with Gasteiger partial charge in [0, 0.05) is 6.54 Å². The highest BCUT2D eigenvalue weighted by Crippen LogP contribution is 2.32. The molecule has 0 aliphatic carbocycles. The number of thioether (sulfide) groups is 1. The molecule has 2 rings (SSSR count). The van der Waals surface area contributed by atoms with Crippen molar-refractivity contribution in [3.63, 3.8) is 0 Å². The molecule has 2 bridgehead atoms. The fraction of sp³-hybridized carbons (Fsp3) is 0.667. The van der Waals surface area contributed by atoms with Gasteiger partial charge in [0.15, 0.2) is 0 Å². The van der Waals surface area contributed by atoms with E-state index in [1.807, 2.05) is 0 Å².